The van der Waals surface area contributed by atoms with Gasteiger partial charge in [-0.2, -0.15) is 0 Å². The summed E-state index contributed by atoms with van der Waals surface area (Å²) in [6, 6.07) is 87.4. The Balaban J connectivity index is 0.727. The lowest BCUT2D eigenvalue weighted by atomic mass is 9.67. The molecule has 0 amide bonds. The van der Waals surface area contributed by atoms with E-state index in [1.54, 1.807) is 24.8 Å². The van der Waals surface area contributed by atoms with Gasteiger partial charge in [0.25, 0.3) is 0 Å². The van der Waals surface area contributed by atoms with Gasteiger partial charge in [0.05, 0.1) is 16.9 Å². The number of pyridine rings is 4. The zero-order valence-electron chi connectivity index (χ0n) is 47.5. The summed E-state index contributed by atoms with van der Waals surface area (Å²) in [4.78, 5) is 18.6. The molecule has 12 heteroatoms. The fraction of sp³-hybridized carbons (Fsp3) is 0.0400. The summed E-state index contributed by atoms with van der Waals surface area (Å²) in [6.07, 6.45) is 7.06. The Morgan fingerprint density at radius 3 is 0.885 bits per heavy atom. The van der Waals surface area contributed by atoms with Crippen LogP contribution in [0.15, 0.2) is 280 Å². The van der Waals surface area contributed by atoms with E-state index in [-0.39, 0.29) is 0 Å². The summed E-state index contributed by atoms with van der Waals surface area (Å²) in [5.41, 5.74) is 16.3. The van der Waals surface area contributed by atoms with Crippen molar-refractivity contribution in [3.63, 3.8) is 0 Å². The molecule has 414 valence electrons. The van der Waals surface area contributed by atoms with Crippen molar-refractivity contribution in [3.05, 3.63) is 313 Å². The van der Waals surface area contributed by atoms with Crippen molar-refractivity contribution in [2.24, 2.45) is 0 Å². The van der Waals surface area contributed by atoms with E-state index in [4.69, 9.17) is 22.7 Å². The van der Waals surface area contributed by atoms with Crippen molar-refractivity contribution >= 4 is 73.9 Å². The lowest BCUT2D eigenvalue weighted by molar-refractivity contribution is 0.309. The number of para-hydroxylation sites is 4. The maximum absolute atomic E-state index is 6.68. The second kappa shape index (κ2) is 22.9. The lowest BCUT2D eigenvalue weighted by Gasteiger charge is -2.34. The van der Waals surface area contributed by atoms with Gasteiger partial charge in [0.1, 0.15) is 45.1 Å². The standard InChI is InChI=1S/C39H30O2.4C9H7NO.2Al/c1-25-3-21-35-36-22-4-26(2)24-38(36)39(37(35)23-25,31-13-5-27(6-14-31)29-9-17-33(40)18-10-29)32-15-7-28(8-16-32)30-11-19-34(41)20-12-30;4*11-8-5-1-3-7-4-2-6-10-9(7)8;;/h3-24,40-41H,1-2H3;4*1-6,11H;;/q;;;;;2*+3/p-6. The fourth-order valence-corrected chi connectivity index (χ4v) is 14.7. The molecule has 0 atom stereocenters. The molecule has 0 aliphatic heterocycles. The molecular weight excluding hydrogens is 1110 g/mol. The monoisotopic (exact) mass is 1160 g/mol. The number of aryl methyl sites for hydroxylation is 2. The lowest BCUT2D eigenvalue weighted by Crippen LogP contribution is -2.37. The topological polar surface area (TPSA) is 107 Å². The molecule has 4 aromatic heterocycles. The summed E-state index contributed by atoms with van der Waals surface area (Å²) in [5.74, 6) is 3.62. The van der Waals surface area contributed by atoms with Gasteiger partial charge < -0.3 is 22.7 Å². The van der Waals surface area contributed by atoms with Crippen molar-refractivity contribution in [1.29, 1.82) is 0 Å². The van der Waals surface area contributed by atoms with Crippen molar-refractivity contribution in [2.75, 3.05) is 0 Å². The Morgan fingerprint density at radius 1 is 0.287 bits per heavy atom. The molecule has 87 heavy (non-hydrogen) atoms. The number of nitrogens with zero attached hydrogens (tertiary/aromatic N) is 4. The predicted octanol–water partition coefficient (Wildman–Crippen LogP) is 17.2. The largest absolute Gasteiger partial charge is 1.20 e. The van der Waals surface area contributed by atoms with E-state index in [0.29, 0.717) is 34.5 Å². The molecule has 0 saturated heterocycles. The van der Waals surface area contributed by atoms with Crippen LogP contribution in [0.1, 0.15) is 33.4 Å². The van der Waals surface area contributed by atoms with Gasteiger partial charge in [-0.3, -0.25) is 19.9 Å². The summed E-state index contributed by atoms with van der Waals surface area (Å²) in [5, 5.41) is 3.84. The molecule has 1 aliphatic carbocycles. The first-order valence-electron chi connectivity index (χ1n) is 28.9. The zero-order valence-corrected chi connectivity index (χ0v) is 49.8. The van der Waals surface area contributed by atoms with Crippen LogP contribution in [0.25, 0.3) is 77.0 Å². The molecule has 0 saturated carbocycles. The Kier molecular flexibility index (Phi) is 14.1. The van der Waals surface area contributed by atoms with E-state index in [2.05, 4.69) is 143 Å². The Morgan fingerprint density at radius 2 is 0.575 bits per heavy atom. The third kappa shape index (κ3) is 10.3. The highest BCUT2D eigenvalue weighted by molar-refractivity contribution is 6.40. The van der Waals surface area contributed by atoms with E-state index in [1.807, 2.05) is 146 Å². The van der Waals surface area contributed by atoms with Crippen LogP contribution in [0.2, 0.25) is 0 Å². The van der Waals surface area contributed by atoms with Crippen molar-refractivity contribution in [2.45, 2.75) is 19.3 Å². The molecular formula is C75H52Al2N4O6. The molecule has 0 unspecified atom stereocenters. The fourth-order valence-electron chi connectivity index (χ4n) is 12.1. The molecule has 1 aliphatic rings. The van der Waals surface area contributed by atoms with Crippen molar-refractivity contribution < 1.29 is 22.7 Å². The Bertz CT molecular complexity index is 4380. The van der Waals surface area contributed by atoms with Crippen LogP contribution in [-0.4, -0.2) is 50.2 Å². The minimum atomic E-state index is -3.00. The maximum atomic E-state index is 6.68. The number of hydrogen-bond donors (Lipinski definition) is 0. The number of hydrogen-bond acceptors (Lipinski definition) is 10. The number of benzene rings is 10. The van der Waals surface area contributed by atoms with E-state index in [0.717, 1.165) is 65.9 Å². The van der Waals surface area contributed by atoms with Crippen LogP contribution in [-0.2, 0) is 5.41 Å². The van der Waals surface area contributed by atoms with Crippen LogP contribution in [0, 0.1) is 13.8 Å². The van der Waals surface area contributed by atoms with Gasteiger partial charge in [0, 0.05) is 46.3 Å². The van der Waals surface area contributed by atoms with E-state index < -0.39 is 35.7 Å². The van der Waals surface area contributed by atoms with Crippen LogP contribution < -0.4 is 22.7 Å². The molecule has 0 radical (unpaired) electrons. The van der Waals surface area contributed by atoms with Gasteiger partial charge in [-0.15, -0.1) is 0 Å². The first-order valence-corrected chi connectivity index (χ1v) is 31.7. The van der Waals surface area contributed by atoms with Gasteiger partial charge in [0.15, 0.2) is 0 Å². The minimum Gasteiger partial charge on any atom is -0.577 e. The minimum absolute atomic E-state index is 0.592. The quantitative estimate of drug-likeness (QED) is 0.0868. The maximum Gasteiger partial charge on any atom is 1.20 e. The smallest absolute Gasteiger partial charge is 0.577 e. The highest BCUT2D eigenvalue weighted by Gasteiger charge is 2.48. The molecule has 10 nitrogen and oxygen atoms in total. The number of rotatable bonds is 16. The van der Waals surface area contributed by atoms with E-state index in [1.165, 1.54) is 44.5 Å². The normalized spacial score (nSPS) is 12.1. The second-order valence-electron chi connectivity index (χ2n) is 21.7. The van der Waals surface area contributed by atoms with Crippen molar-refractivity contribution in [1.82, 2.24) is 19.9 Å². The molecule has 14 aromatic rings. The molecule has 4 heterocycles. The van der Waals surface area contributed by atoms with Crippen LogP contribution in [0.3, 0.4) is 0 Å². The molecule has 0 spiro atoms. The molecule has 10 aromatic carbocycles. The van der Waals surface area contributed by atoms with Gasteiger partial charge in [-0.1, -0.05) is 193 Å². The first kappa shape index (κ1) is 53.4. The third-order valence-corrected chi connectivity index (χ3v) is 18.9. The highest BCUT2D eigenvalue weighted by Crippen LogP contribution is 2.57. The van der Waals surface area contributed by atoms with E-state index >= 15 is 0 Å². The van der Waals surface area contributed by atoms with Crippen molar-refractivity contribution in [3.8, 4) is 67.9 Å². The number of aromatic nitrogens is 4. The Hall–Kier alpha value is -10.3. The summed E-state index contributed by atoms with van der Waals surface area (Å²) < 4.78 is 40.0. The molecule has 0 fully saturated rings. The highest BCUT2D eigenvalue weighted by atomic mass is 27.3. The van der Waals surface area contributed by atoms with Crippen LogP contribution in [0.4, 0.5) is 0 Å². The molecule has 0 N–H and O–H groups in total. The zero-order chi connectivity index (χ0) is 58.3. The summed E-state index contributed by atoms with van der Waals surface area (Å²) in [7, 11) is 0. The molecule has 15 rings (SSSR count). The van der Waals surface area contributed by atoms with Crippen LogP contribution >= 0.6 is 0 Å². The number of fused-ring (bicyclic) bond motifs is 7. The average molecular weight is 1160 g/mol. The SMILES string of the molecule is Cc1ccc2c(c1)C(c1ccc(-c3ccc([O][Al]([O]c4cccc5cccnc45)[O]c4cccc5cccnc45)cc3)cc1)(c1ccc(-c3ccc([O][Al]([O]c4cccc5cccnc45)[O]c4cccc5cccnc45)cc3)cc1)c1cc(C)ccc1-2. The summed E-state index contributed by atoms with van der Waals surface area (Å²) >= 11 is -5.99. The van der Waals surface area contributed by atoms with Gasteiger partial charge >= 0.3 is 30.3 Å². The van der Waals surface area contributed by atoms with E-state index in [9.17, 15) is 0 Å². The predicted molar refractivity (Wildman–Crippen MR) is 346 cm³/mol. The Labute approximate surface area is 513 Å². The third-order valence-electron chi connectivity index (χ3n) is 16.2. The van der Waals surface area contributed by atoms with Gasteiger partial charge in [0.2, 0.25) is 0 Å². The van der Waals surface area contributed by atoms with Gasteiger partial charge in [-0.05, 0) is 142 Å². The molecule has 0 bridgehead atoms. The van der Waals surface area contributed by atoms with Gasteiger partial charge in [-0.25, -0.2) is 0 Å². The first-order chi connectivity index (χ1) is 42.9. The second-order valence-corrected chi connectivity index (χ2v) is 24.2. The average Bonchev–Trinajstić information content (AvgIpc) is 1.57. The summed E-state index contributed by atoms with van der Waals surface area (Å²) in [6.45, 7) is 4.36. The van der Waals surface area contributed by atoms with Crippen LogP contribution in [0.5, 0.6) is 34.5 Å².